The monoisotopic (exact) mass is 381 g/mol. The number of piperidine rings is 1. The van der Waals surface area contributed by atoms with Crippen LogP contribution in [0.5, 0.6) is 0 Å². The van der Waals surface area contributed by atoms with E-state index in [9.17, 15) is 13.2 Å². The molecule has 0 bridgehead atoms. The van der Waals surface area contributed by atoms with Crippen molar-refractivity contribution in [1.29, 1.82) is 0 Å². The van der Waals surface area contributed by atoms with Crippen molar-refractivity contribution in [3.05, 3.63) is 29.8 Å². The Labute approximate surface area is 157 Å². The summed E-state index contributed by atoms with van der Waals surface area (Å²) in [6.45, 7) is 2.33. The van der Waals surface area contributed by atoms with Crippen molar-refractivity contribution in [3.8, 4) is 0 Å². The fraction of sp³-hybridized carbons (Fsp3) is 0.632. The van der Waals surface area contributed by atoms with Crippen molar-refractivity contribution < 1.29 is 13.2 Å². The van der Waals surface area contributed by atoms with Gasteiger partial charge < -0.3 is 11.1 Å². The number of hydrogen-bond donors (Lipinski definition) is 2. The Morgan fingerprint density at radius 3 is 2.31 bits per heavy atom. The van der Waals surface area contributed by atoms with Crippen LogP contribution >= 0.6 is 0 Å². The maximum atomic E-state index is 12.6. The van der Waals surface area contributed by atoms with Crippen LogP contribution in [0.4, 0.5) is 0 Å². The summed E-state index contributed by atoms with van der Waals surface area (Å²) >= 11 is 0. The normalized spacial score (nSPS) is 15.7. The van der Waals surface area contributed by atoms with Gasteiger partial charge >= 0.3 is 0 Å². The van der Waals surface area contributed by atoms with Crippen molar-refractivity contribution >= 4 is 15.9 Å². The Morgan fingerprint density at radius 1 is 1.00 bits per heavy atom. The molecule has 1 saturated heterocycles. The van der Waals surface area contributed by atoms with Gasteiger partial charge in [0.25, 0.3) is 0 Å². The summed E-state index contributed by atoms with van der Waals surface area (Å²) in [6, 6.07) is 6.83. The number of benzene rings is 1. The van der Waals surface area contributed by atoms with Gasteiger partial charge in [-0.3, -0.25) is 4.79 Å². The topological polar surface area (TPSA) is 92.5 Å². The minimum Gasteiger partial charge on any atom is -0.352 e. The molecule has 1 aromatic carbocycles. The molecule has 0 saturated carbocycles. The van der Waals surface area contributed by atoms with Gasteiger partial charge in [0.05, 0.1) is 4.90 Å². The van der Waals surface area contributed by atoms with Crippen LogP contribution in [-0.4, -0.2) is 38.3 Å². The van der Waals surface area contributed by atoms with Crippen LogP contribution in [0.3, 0.4) is 0 Å². The Hall–Kier alpha value is -1.44. The molecule has 2 rings (SSSR count). The molecule has 0 atom stereocenters. The summed E-state index contributed by atoms with van der Waals surface area (Å²) in [6.07, 6.45) is 7.44. The first-order valence-corrected chi connectivity index (χ1v) is 11.0. The standard InChI is InChI=1S/C19H31N3O3S/c20-13-5-2-1-4-8-19(23)21-16-17-9-11-18(12-10-17)26(24,25)22-14-6-3-7-15-22/h9-12H,1-8,13-16,20H2,(H,21,23). The van der Waals surface area contributed by atoms with Crippen LogP contribution in [0.2, 0.25) is 0 Å². The molecular weight excluding hydrogens is 350 g/mol. The fourth-order valence-electron chi connectivity index (χ4n) is 3.11. The van der Waals surface area contributed by atoms with Crippen LogP contribution in [-0.2, 0) is 21.4 Å². The molecule has 6 nitrogen and oxygen atoms in total. The number of carbonyl (C=O) groups excluding carboxylic acids is 1. The van der Waals surface area contributed by atoms with E-state index in [1.165, 1.54) is 0 Å². The third-order valence-electron chi connectivity index (χ3n) is 4.72. The Kier molecular flexibility index (Phi) is 8.54. The van der Waals surface area contributed by atoms with E-state index in [1.807, 2.05) is 0 Å². The molecule has 26 heavy (non-hydrogen) atoms. The van der Waals surface area contributed by atoms with E-state index >= 15 is 0 Å². The van der Waals surface area contributed by atoms with E-state index < -0.39 is 10.0 Å². The first-order valence-electron chi connectivity index (χ1n) is 9.60. The predicted molar refractivity (Wildman–Crippen MR) is 103 cm³/mol. The summed E-state index contributed by atoms with van der Waals surface area (Å²) in [5.74, 6) is 0.0303. The fourth-order valence-corrected chi connectivity index (χ4v) is 4.62. The van der Waals surface area contributed by atoms with Crippen LogP contribution < -0.4 is 11.1 Å². The number of rotatable bonds is 10. The molecule has 7 heteroatoms. The summed E-state index contributed by atoms with van der Waals surface area (Å²) in [4.78, 5) is 12.2. The molecule has 0 aromatic heterocycles. The predicted octanol–water partition coefficient (Wildman–Crippen LogP) is 2.39. The number of sulfonamides is 1. The van der Waals surface area contributed by atoms with E-state index in [-0.39, 0.29) is 5.91 Å². The number of nitrogens with two attached hydrogens (primary N) is 1. The van der Waals surface area contributed by atoms with E-state index in [2.05, 4.69) is 5.32 Å². The molecule has 0 unspecified atom stereocenters. The van der Waals surface area contributed by atoms with Crippen LogP contribution in [0, 0.1) is 0 Å². The lowest BCUT2D eigenvalue weighted by Crippen LogP contribution is -2.35. The number of nitrogens with one attached hydrogen (secondary N) is 1. The van der Waals surface area contributed by atoms with Gasteiger partial charge in [0.1, 0.15) is 0 Å². The Bertz CT molecular complexity index is 653. The Morgan fingerprint density at radius 2 is 1.65 bits per heavy atom. The third kappa shape index (κ3) is 6.37. The highest BCUT2D eigenvalue weighted by Gasteiger charge is 2.25. The quantitative estimate of drug-likeness (QED) is 0.609. The molecule has 146 valence electrons. The molecular formula is C19H31N3O3S. The number of unbranched alkanes of at least 4 members (excludes halogenated alkanes) is 3. The summed E-state index contributed by atoms with van der Waals surface area (Å²) in [7, 11) is -3.39. The highest BCUT2D eigenvalue weighted by Crippen LogP contribution is 2.20. The van der Waals surface area contributed by atoms with Crippen molar-refractivity contribution in [2.24, 2.45) is 5.73 Å². The van der Waals surface area contributed by atoms with Gasteiger partial charge in [-0.2, -0.15) is 4.31 Å². The highest BCUT2D eigenvalue weighted by molar-refractivity contribution is 7.89. The molecule has 1 heterocycles. The summed E-state index contributed by atoms with van der Waals surface area (Å²) < 4.78 is 26.8. The molecule has 0 aliphatic carbocycles. The molecule has 1 aromatic rings. The number of hydrogen-bond acceptors (Lipinski definition) is 4. The molecule has 0 spiro atoms. The first kappa shape index (κ1) is 20.9. The lowest BCUT2D eigenvalue weighted by atomic mass is 10.1. The van der Waals surface area contributed by atoms with Gasteiger partial charge in [-0.15, -0.1) is 0 Å². The number of nitrogens with zero attached hydrogens (tertiary/aromatic N) is 1. The lowest BCUT2D eigenvalue weighted by Gasteiger charge is -2.25. The summed E-state index contributed by atoms with van der Waals surface area (Å²) in [5, 5.41) is 2.89. The van der Waals surface area contributed by atoms with Crippen LogP contribution in [0.15, 0.2) is 29.2 Å². The molecule has 0 radical (unpaired) electrons. The van der Waals surface area contributed by atoms with E-state index in [0.29, 0.717) is 37.5 Å². The van der Waals surface area contributed by atoms with Gasteiger partial charge in [-0.25, -0.2) is 8.42 Å². The Balaban J connectivity index is 1.79. The van der Waals surface area contributed by atoms with Gasteiger partial charge in [-0.1, -0.05) is 31.4 Å². The molecule has 1 fully saturated rings. The van der Waals surface area contributed by atoms with Crippen molar-refractivity contribution in [3.63, 3.8) is 0 Å². The van der Waals surface area contributed by atoms with E-state index in [4.69, 9.17) is 5.73 Å². The average Bonchev–Trinajstić information content (AvgIpc) is 2.67. The van der Waals surface area contributed by atoms with Crippen molar-refractivity contribution in [2.75, 3.05) is 19.6 Å². The highest BCUT2D eigenvalue weighted by atomic mass is 32.2. The van der Waals surface area contributed by atoms with Gasteiger partial charge in [-0.05, 0) is 49.9 Å². The van der Waals surface area contributed by atoms with Crippen LogP contribution in [0.25, 0.3) is 0 Å². The second kappa shape index (κ2) is 10.6. The summed E-state index contributed by atoms with van der Waals surface area (Å²) in [5.41, 5.74) is 6.34. The van der Waals surface area contributed by atoms with Crippen molar-refractivity contribution in [1.82, 2.24) is 9.62 Å². The minimum absolute atomic E-state index is 0.0303. The maximum Gasteiger partial charge on any atom is 0.243 e. The van der Waals surface area contributed by atoms with Gasteiger partial charge in [0.2, 0.25) is 15.9 Å². The first-order chi connectivity index (χ1) is 12.5. The zero-order chi connectivity index (χ0) is 18.8. The second-order valence-corrected chi connectivity index (χ2v) is 8.78. The largest absolute Gasteiger partial charge is 0.352 e. The van der Waals surface area contributed by atoms with Crippen LogP contribution in [0.1, 0.15) is 56.9 Å². The zero-order valence-electron chi connectivity index (χ0n) is 15.5. The zero-order valence-corrected chi connectivity index (χ0v) is 16.3. The van der Waals surface area contributed by atoms with Gasteiger partial charge in [0, 0.05) is 26.1 Å². The van der Waals surface area contributed by atoms with E-state index in [0.717, 1.165) is 50.5 Å². The molecule has 1 amide bonds. The SMILES string of the molecule is NCCCCCCC(=O)NCc1ccc(S(=O)(=O)N2CCCCC2)cc1. The molecule has 1 aliphatic heterocycles. The lowest BCUT2D eigenvalue weighted by molar-refractivity contribution is -0.121. The maximum absolute atomic E-state index is 12.6. The average molecular weight is 382 g/mol. The molecule has 1 aliphatic rings. The smallest absolute Gasteiger partial charge is 0.243 e. The van der Waals surface area contributed by atoms with E-state index in [1.54, 1.807) is 28.6 Å². The number of amides is 1. The second-order valence-electron chi connectivity index (χ2n) is 6.84. The van der Waals surface area contributed by atoms with Gasteiger partial charge in [0.15, 0.2) is 0 Å². The molecule has 3 N–H and O–H groups in total. The third-order valence-corrected chi connectivity index (χ3v) is 6.64. The number of carbonyl (C=O) groups is 1. The minimum atomic E-state index is -3.39. The van der Waals surface area contributed by atoms with Crippen molar-refractivity contribution in [2.45, 2.75) is 62.8 Å².